The zero-order valence-electron chi connectivity index (χ0n) is 12.6. The first-order valence-electron chi connectivity index (χ1n) is 7.10. The van der Waals surface area contributed by atoms with Gasteiger partial charge in [0.05, 0.1) is 10.0 Å². The summed E-state index contributed by atoms with van der Waals surface area (Å²) in [5.41, 5.74) is 1.70. The third-order valence-corrected chi connectivity index (χ3v) is 4.29. The van der Waals surface area contributed by atoms with Gasteiger partial charge in [-0.2, -0.15) is 0 Å². The molecule has 1 aromatic heterocycles. The molecule has 3 aromatic rings. The Balaban J connectivity index is 1.96. The fourth-order valence-electron chi connectivity index (χ4n) is 2.51. The maximum atomic E-state index is 12.5. The van der Waals surface area contributed by atoms with Crippen LogP contribution in [0.15, 0.2) is 45.6 Å². The SMILES string of the molecule is Cc1cc(=O)oc2cc(C(=O)Cc3cc(Cl)c(O)c(Cl)c3)ccc12. The minimum Gasteiger partial charge on any atom is -0.505 e. The largest absolute Gasteiger partial charge is 0.505 e. The van der Waals surface area contributed by atoms with Crippen LogP contribution in [-0.2, 0) is 6.42 Å². The molecule has 0 fully saturated rings. The molecule has 6 heteroatoms. The predicted octanol–water partition coefficient (Wildman–Crippen LogP) is 4.54. The van der Waals surface area contributed by atoms with Crippen LogP contribution in [0.25, 0.3) is 11.0 Å². The van der Waals surface area contributed by atoms with E-state index in [0.29, 0.717) is 16.7 Å². The number of hydrogen-bond donors (Lipinski definition) is 1. The second kappa shape index (κ2) is 6.30. The average Bonchev–Trinajstić information content (AvgIpc) is 2.51. The molecule has 0 radical (unpaired) electrons. The first-order valence-corrected chi connectivity index (χ1v) is 7.85. The van der Waals surface area contributed by atoms with Crippen LogP contribution in [0.5, 0.6) is 5.75 Å². The van der Waals surface area contributed by atoms with Crippen LogP contribution in [0.1, 0.15) is 21.5 Å². The Labute approximate surface area is 147 Å². The van der Waals surface area contributed by atoms with E-state index in [1.54, 1.807) is 25.1 Å². The summed E-state index contributed by atoms with van der Waals surface area (Å²) < 4.78 is 5.15. The summed E-state index contributed by atoms with van der Waals surface area (Å²) in [7, 11) is 0. The van der Waals surface area contributed by atoms with Gasteiger partial charge in [-0.05, 0) is 36.2 Å². The number of ketones is 1. The van der Waals surface area contributed by atoms with E-state index in [1.165, 1.54) is 18.2 Å². The van der Waals surface area contributed by atoms with Crippen molar-refractivity contribution in [3.63, 3.8) is 0 Å². The Hall–Kier alpha value is -2.30. The van der Waals surface area contributed by atoms with Crippen molar-refractivity contribution in [3.05, 3.63) is 73.6 Å². The molecule has 0 saturated carbocycles. The normalized spacial score (nSPS) is 11.0. The molecule has 3 rings (SSSR count). The van der Waals surface area contributed by atoms with Gasteiger partial charge in [-0.1, -0.05) is 35.3 Å². The zero-order chi connectivity index (χ0) is 17.4. The molecule has 0 aliphatic carbocycles. The van der Waals surface area contributed by atoms with Crippen molar-refractivity contribution in [2.45, 2.75) is 13.3 Å². The molecule has 0 atom stereocenters. The lowest BCUT2D eigenvalue weighted by Crippen LogP contribution is -2.05. The van der Waals surface area contributed by atoms with Crippen LogP contribution >= 0.6 is 23.2 Å². The number of carbonyl (C=O) groups excluding carboxylic acids is 1. The molecule has 122 valence electrons. The Morgan fingerprint density at radius 2 is 1.79 bits per heavy atom. The van der Waals surface area contributed by atoms with Crippen molar-refractivity contribution >= 4 is 40.0 Å². The summed E-state index contributed by atoms with van der Waals surface area (Å²) >= 11 is 11.7. The fourth-order valence-corrected chi connectivity index (χ4v) is 3.04. The van der Waals surface area contributed by atoms with E-state index < -0.39 is 5.63 Å². The lowest BCUT2D eigenvalue weighted by Gasteiger charge is -2.07. The highest BCUT2D eigenvalue weighted by atomic mass is 35.5. The molecule has 1 N–H and O–H groups in total. The van der Waals surface area contributed by atoms with Crippen LogP contribution in [0.4, 0.5) is 0 Å². The first kappa shape index (κ1) is 16.6. The maximum absolute atomic E-state index is 12.5. The smallest absolute Gasteiger partial charge is 0.336 e. The van der Waals surface area contributed by atoms with E-state index in [0.717, 1.165) is 10.9 Å². The number of phenolic OH excluding ortho intramolecular Hbond substituents is 1. The van der Waals surface area contributed by atoms with Gasteiger partial charge in [0.15, 0.2) is 11.5 Å². The second-order valence-electron chi connectivity index (χ2n) is 5.47. The van der Waals surface area contributed by atoms with Crippen LogP contribution in [0, 0.1) is 6.92 Å². The lowest BCUT2D eigenvalue weighted by molar-refractivity contribution is 0.0993. The summed E-state index contributed by atoms with van der Waals surface area (Å²) in [4.78, 5) is 23.9. The average molecular weight is 363 g/mol. The molecular weight excluding hydrogens is 351 g/mol. The predicted molar refractivity (Wildman–Crippen MR) is 93.4 cm³/mol. The van der Waals surface area contributed by atoms with Gasteiger partial charge in [-0.3, -0.25) is 4.79 Å². The Morgan fingerprint density at radius 1 is 1.12 bits per heavy atom. The van der Waals surface area contributed by atoms with Gasteiger partial charge in [0.25, 0.3) is 0 Å². The summed E-state index contributed by atoms with van der Waals surface area (Å²) in [6.07, 6.45) is 0.0568. The molecule has 0 bridgehead atoms. The molecule has 4 nitrogen and oxygen atoms in total. The van der Waals surface area contributed by atoms with Gasteiger partial charge in [-0.25, -0.2) is 4.79 Å². The summed E-state index contributed by atoms with van der Waals surface area (Å²) in [6.45, 7) is 1.81. The third-order valence-electron chi connectivity index (χ3n) is 3.71. The van der Waals surface area contributed by atoms with Crippen molar-refractivity contribution in [2.24, 2.45) is 0 Å². The van der Waals surface area contributed by atoms with Gasteiger partial charge in [-0.15, -0.1) is 0 Å². The molecule has 0 saturated heterocycles. The minimum atomic E-state index is -0.457. The van der Waals surface area contributed by atoms with Crippen LogP contribution in [0.3, 0.4) is 0 Å². The molecule has 0 spiro atoms. The number of aryl methyl sites for hydroxylation is 1. The second-order valence-corrected chi connectivity index (χ2v) is 6.28. The van der Waals surface area contributed by atoms with Gasteiger partial charge >= 0.3 is 5.63 Å². The van der Waals surface area contributed by atoms with E-state index in [-0.39, 0.29) is 28.0 Å². The van der Waals surface area contributed by atoms with Crippen LogP contribution in [-0.4, -0.2) is 10.9 Å². The van der Waals surface area contributed by atoms with Crippen molar-refractivity contribution < 1.29 is 14.3 Å². The van der Waals surface area contributed by atoms with Gasteiger partial charge in [0, 0.05) is 23.4 Å². The number of Topliss-reactive ketones (excluding diaryl/α,β-unsaturated/α-hetero) is 1. The van der Waals surface area contributed by atoms with E-state index in [9.17, 15) is 14.7 Å². The lowest BCUT2D eigenvalue weighted by atomic mass is 10.0. The maximum Gasteiger partial charge on any atom is 0.336 e. The Kier molecular flexibility index (Phi) is 4.35. The number of hydrogen-bond acceptors (Lipinski definition) is 4. The third kappa shape index (κ3) is 3.16. The highest BCUT2D eigenvalue weighted by molar-refractivity contribution is 6.37. The van der Waals surface area contributed by atoms with Crippen molar-refractivity contribution in [2.75, 3.05) is 0 Å². The molecule has 0 aliphatic heterocycles. The van der Waals surface area contributed by atoms with Crippen LogP contribution in [0.2, 0.25) is 10.0 Å². The standard InChI is InChI=1S/C18H12Cl2O4/c1-9-4-17(22)24-16-8-11(2-3-12(9)16)15(21)7-10-5-13(19)18(23)14(20)6-10/h2-6,8,23H,7H2,1H3. The molecule has 0 unspecified atom stereocenters. The van der Waals surface area contributed by atoms with E-state index in [4.69, 9.17) is 27.6 Å². The number of carbonyl (C=O) groups is 1. The molecule has 2 aromatic carbocycles. The van der Waals surface area contributed by atoms with E-state index in [1.807, 2.05) is 0 Å². The van der Waals surface area contributed by atoms with E-state index >= 15 is 0 Å². The van der Waals surface area contributed by atoms with Gasteiger partial charge in [0.2, 0.25) is 0 Å². The first-order chi connectivity index (χ1) is 11.3. The number of rotatable bonds is 3. The Bertz CT molecular complexity index is 998. The number of halogens is 2. The van der Waals surface area contributed by atoms with Crippen LogP contribution < -0.4 is 5.63 Å². The summed E-state index contributed by atoms with van der Waals surface area (Å²) in [6, 6.07) is 9.37. The minimum absolute atomic E-state index is 0.0568. The molecule has 0 aliphatic rings. The molecule has 0 amide bonds. The number of aromatic hydroxyl groups is 1. The summed E-state index contributed by atoms with van der Waals surface area (Å²) in [5, 5.41) is 10.5. The number of benzene rings is 2. The highest BCUT2D eigenvalue weighted by Gasteiger charge is 2.13. The topological polar surface area (TPSA) is 67.5 Å². The molecular formula is C18H12Cl2O4. The zero-order valence-corrected chi connectivity index (χ0v) is 14.1. The number of fused-ring (bicyclic) bond motifs is 1. The fraction of sp³-hybridized carbons (Fsp3) is 0.111. The van der Waals surface area contributed by atoms with Crippen molar-refractivity contribution in [3.8, 4) is 5.75 Å². The van der Waals surface area contributed by atoms with Gasteiger partial charge < -0.3 is 9.52 Å². The highest BCUT2D eigenvalue weighted by Crippen LogP contribution is 2.33. The Morgan fingerprint density at radius 3 is 2.46 bits per heavy atom. The van der Waals surface area contributed by atoms with Crippen molar-refractivity contribution in [1.82, 2.24) is 0 Å². The summed E-state index contributed by atoms with van der Waals surface area (Å²) in [5.74, 6) is -0.392. The molecule has 24 heavy (non-hydrogen) atoms. The number of phenols is 1. The monoisotopic (exact) mass is 362 g/mol. The van der Waals surface area contributed by atoms with Crippen molar-refractivity contribution in [1.29, 1.82) is 0 Å². The van der Waals surface area contributed by atoms with Gasteiger partial charge in [0.1, 0.15) is 5.58 Å². The van der Waals surface area contributed by atoms with E-state index in [2.05, 4.69) is 0 Å². The quantitative estimate of drug-likeness (QED) is 0.548. The molecule has 1 heterocycles.